The van der Waals surface area contributed by atoms with Crippen LogP contribution in [0, 0.1) is 0 Å². The Morgan fingerprint density at radius 3 is 2.86 bits per heavy atom. The van der Waals surface area contributed by atoms with Gasteiger partial charge in [-0.2, -0.15) is 0 Å². The topological polar surface area (TPSA) is 32.7 Å². The molecule has 1 rings (SSSR count). The molecule has 0 aliphatic carbocycles. The van der Waals surface area contributed by atoms with Gasteiger partial charge in [0.05, 0.1) is 13.2 Å². The molecular formula is C11H17NO2. The highest BCUT2D eigenvalue weighted by Crippen LogP contribution is 2.14. The number of anilines is 1. The quantitative estimate of drug-likeness (QED) is 0.767. The van der Waals surface area contributed by atoms with E-state index in [9.17, 15) is 0 Å². The Labute approximate surface area is 84.9 Å². The van der Waals surface area contributed by atoms with Crippen LogP contribution in [0.15, 0.2) is 24.3 Å². The van der Waals surface area contributed by atoms with E-state index < -0.39 is 0 Å². The van der Waals surface area contributed by atoms with E-state index >= 15 is 0 Å². The van der Waals surface area contributed by atoms with Crippen LogP contribution >= 0.6 is 0 Å². The first kappa shape index (κ1) is 11.0. The highest BCUT2D eigenvalue weighted by Gasteiger charge is 2.00. The molecule has 14 heavy (non-hydrogen) atoms. The zero-order chi connectivity index (χ0) is 10.4. The van der Waals surface area contributed by atoms with Gasteiger partial charge in [0.2, 0.25) is 0 Å². The fraction of sp³-hybridized carbons (Fsp3) is 0.455. The second-order valence-electron chi connectivity index (χ2n) is 3.24. The van der Waals surface area contributed by atoms with Gasteiger partial charge in [-0.25, -0.2) is 0 Å². The number of hydrogen-bond acceptors (Lipinski definition) is 3. The fourth-order valence-electron chi connectivity index (χ4n) is 1.25. The van der Waals surface area contributed by atoms with Crippen LogP contribution in [0.3, 0.4) is 0 Å². The number of aliphatic hydroxyl groups is 1. The molecule has 3 nitrogen and oxygen atoms in total. The zero-order valence-electron chi connectivity index (χ0n) is 8.73. The normalized spacial score (nSPS) is 10.2. The predicted molar refractivity (Wildman–Crippen MR) is 57.5 cm³/mol. The van der Waals surface area contributed by atoms with Gasteiger partial charge in [0.15, 0.2) is 0 Å². The highest BCUT2D eigenvalue weighted by molar-refractivity contribution is 5.47. The Balaban J connectivity index is 2.64. The Morgan fingerprint density at radius 1 is 1.43 bits per heavy atom. The van der Waals surface area contributed by atoms with Crippen molar-refractivity contribution in [2.24, 2.45) is 0 Å². The molecule has 0 spiro atoms. The molecule has 3 heteroatoms. The lowest BCUT2D eigenvalue weighted by molar-refractivity contribution is 0.206. The molecule has 0 saturated carbocycles. The summed E-state index contributed by atoms with van der Waals surface area (Å²) >= 11 is 0. The summed E-state index contributed by atoms with van der Waals surface area (Å²) in [5.41, 5.74) is 2.04. The molecule has 0 aliphatic rings. The summed E-state index contributed by atoms with van der Waals surface area (Å²) < 4.78 is 5.00. The van der Waals surface area contributed by atoms with Crippen molar-refractivity contribution in [2.75, 3.05) is 32.2 Å². The number of aliphatic hydroxyl groups excluding tert-OH is 1. The summed E-state index contributed by atoms with van der Waals surface area (Å²) in [6.45, 7) is 1.65. The summed E-state index contributed by atoms with van der Waals surface area (Å²) in [7, 11) is 3.70. The van der Waals surface area contributed by atoms with Crippen LogP contribution in [0.5, 0.6) is 0 Å². The van der Waals surface area contributed by atoms with E-state index in [1.54, 1.807) is 7.11 Å². The largest absolute Gasteiger partial charge is 0.392 e. The monoisotopic (exact) mass is 195 g/mol. The van der Waals surface area contributed by atoms with Gasteiger partial charge < -0.3 is 14.7 Å². The summed E-state index contributed by atoms with van der Waals surface area (Å²) in [4.78, 5) is 2.10. The molecule has 0 saturated heterocycles. The van der Waals surface area contributed by atoms with E-state index in [-0.39, 0.29) is 6.61 Å². The molecule has 0 amide bonds. The summed E-state index contributed by atoms with van der Waals surface area (Å²) in [6.07, 6.45) is 0. The van der Waals surface area contributed by atoms with Gasteiger partial charge in [-0.3, -0.25) is 0 Å². The maximum Gasteiger partial charge on any atom is 0.0682 e. The van der Waals surface area contributed by atoms with Crippen LogP contribution in [0.4, 0.5) is 5.69 Å². The Bertz CT molecular complexity index is 276. The molecule has 0 unspecified atom stereocenters. The predicted octanol–water partition coefficient (Wildman–Crippen LogP) is 1.26. The summed E-state index contributed by atoms with van der Waals surface area (Å²) in [5.74, 6) is 0. The van der Waals surface area contributed by atoms with Gasteiger partial charge >= 0.3 is 0 Å². The Kier molecular flexibility index (Phi) is 4.43. The van der Waals surface area contributed by atoms with Gasteiger partial charge in [0, 0.05) is 26.4 Å². The molecule has 78 valence electrons. The minimum absolute atomic E-state index is 0.0892. The highest BCUT2D eigenvalue weighted by atomic mass is 16.5. The van der Waals surface area contributed by atoms with Crippen molar-refractivity contribution >= 4 is 5.69 Å². The zero-order valence-corrected chi connectivity index (χ0v) is 8.73. The summed E-state index contributed by atoms with van der Waals surface area (Å²) in [5, 5.41) is 8.98. The van der Waals surface area contributed by atoms with E-state index in [2.05, 4.69) is 4.90 Å². The number of nitrogens with zero attached hydrogens (tertiary/aromatic N) is 1. The van der Waals surface area contributed by atoms with Gasteiger partial charge in [-0.1, -0.05) is 12.1 Å². The van der Waals surface area contributed by atoms with Crippen LogP contribution in [0.25, 0.3) is 0 Å². The third-order valence-corrected chi connectivity index (χ3v) is 2.16. The molecule has 1 N–H and O–H groups in total. The Hall–Kier alpha value is -1.06. The van der Waals surface area contributed by atoms with Gasteiger partial charge in [0.1, 0.15) is 0 Å². The molecule has 0 heterocycles. The first-order chi connectivity index (χ1) is 6.77. The van der Waals surface area contributed by atoms with Crippen molar-refractivity contribution in [3.63, 3.8) is 0 Å². The molecule has 0 fully saturated rings. The third-order valence-electron chi connectivity index (χ3n) is 2.16. The standard InChI is InChI=1S/C11H17NO2/c1-12(6-7-14-2)11-5-3-4-10(8-11)9-13/h3-5,8,13H,6-7,9H2,1-2H3. The van der Waals surface area contributed by atoms with Gasteiger partial charge in [-0.05, 0) is 17.7 Å². The fourth-order valence-corrected chi connectivity index (χ4v) is 1.25. The first-order valence-corrected chi connectivity index (χ1v) is 4.68. The van der Waals surface area contributed by atoms with Crippen LogP contribution < -0.4 is 4.90 Å². The minimum Gasteiger partial charge on any atom is -0.392 e. The van der Waals surface area contributed by atoms with Gasteiger partial charge in [-0.15, -0.1) is 0 Å². The molecular weight excluding hydrogens is 178 g/mol. The van der Waals surface area contributed by atoms with Crippen molar-refractivity contribution in [1.82, 2.24) is 0 Å². The maximum absolute atomic E-state index is 8.98. The van der Waals surface area contributed by atoms with Crippen LogP contribution in [0.1, 0.15) is 5.56 Å². The smallest absolute Gasteiger partial charge is 0.0682 e. The average molecular weight is 195 g/mol. The molecule has 0 aliphatic heterocycles. The van der Waals surface area contributed by atoms with Gasteiger partial charge in [0.25, 0.3) is 0 Å². The number of methoxy groups -OCH3 is 1. The number of ether oxygens (including phenoxy) is 1. The number of benzene rings is 1. The molecule has 1 aromatic carbocycles. The lowest BCUT2D eigenvalue weighted by Gasteiger charge is -2.19. The van der Waals surface area contributed by atoms with E-state index in [1.807, 2.05) is 31.3 Å². The second-order valence-corrected chi connectivity index (χ2v) is 3.24. The lowest BCUT2D eigenvalue weighted by Crippen LogP contribution is -2.21. The molecule has 0 atom stereocenters. The van der Waals surface area contributed by atoms with E-state index in [0.29, 0.717) is 6.61 Å². The number of rotatable bonds is 5. The molecule has 0 radical (unpaired) electrons. The average Bonchev–Trinajstić information content (AvgIpc) is 2.26. The van der Waals surface area contributed by atoms with Crippen LogP contribution in [-0.4, -0.2) is 32.4 Å². The Morgan fingerprint density at radius 2 is 2.21 bits per heavy atom. The van der Waals surface area contributed by atoms with E-state index in [0.717, 1.165) is 17.8 Å². The van der Waals surface area contributed by atoms with Crippen LogP contribution in [-0.2, 0) is 11.3 Å². The first-order valence-electron chi connectivity index (χ1n) is 4.68. The minimum atomic E-state index is 0.0892. The SMILES string of the molecule is COCCN(C)c1cccc(CO)c1. The lowest BCUT2D eigenvalue weighted by atomic mass is 10.2. The maximum atomic E-state index is 8.98. The van der Waals surface area contributed by atoms with Crippen molar-refractivity contribution in [3.8, 4) is 0 Å². The van der Waals surface area contributed by atoms with Crippen molar-refractivity contribution in [2.45, 2.75) is 6.61 Å². The van der Waals surface area contributed by atoms with Crippen molar-refractivity contribution in [3.05, 3.63) is 29.8 Å². The van der Waals surface area contributed by atoms with Crippen molar-refractivity contribution < 1.29 is 9.84 Å². The molecule has 0 bridgehead atoms. The third kappa shape index (κ3) is 3.01. The second kappa shape index (κ2) is 5.62. The summed E-state index contributed by atoms with van der Waals surface area (Å²) in [6, 6.07) is 7.86. The number of likely N-dealkylation sites (N-methyl/N-ethyl adjacent to an activating group) is 1. The number of hydrogen-bond donors (Lipinski definition) is 1. The molecule has 0 aromatic heterocycles. The molecule has 1 aromatic rings. The van der Waals surface area contributed by atoms with E-state index in [4.69, 9.17) is 9.84 Å². The van der Waals surface area contributed by atoms with E-state index in [1.165, 1.54) is 0 Å². The van der Waals surface area contributed by atoms with Crippen LogP contribution in [0.2, 0.25) is 0 Å². The van der Waals surface area contributed by atoms with Crippen molar-refractivity contribution in [1.29, 1.82) is 0 Å².